The quantitative estimate of drug-likeness (QED) is 0.758. The summed E-state index contributed by atoms with van der Waals surface area (Å²) in [5.74, 6) is 0.166. The van der Waals surface area contributed by atoms with E-state index in [0.717, 1.165) is 25.9 Å². The molecule has 0 aromatic heterocycles. The number of nitrogens with one attached hydrogen (secondary N) is 1. The third-order valence-corrected chi connectivity index (χ3v) is 4.80. The SMILES string of the molecule is CC(C)N1CCC(NS(=O)(=O)CCCl)CC1. The standard InChI is InChI=1S/C10H21ClN2O2S/c1-9(2)13-6-3-10(4-7-13)12-16(14,15)8-5-11/h9-10,12H,3-8H2,1-2H3. The molecule has 0 aromatic carbocycles. The summed E-state index contributed by atoms with van der Waals surface area (Å²) in [6.07, 6.45) is 1.78. The van der Waals surface area contributed by atoms with Crippen LogP contribution in [-0.2, 0) is 10.0 Å². The zero-order chi connectivity index (χ0) is 12.2. The summed E-state index contributed by atoms with van der Waals surface area (Å²) in [7, 11) is -3.17. The molecule has 16 heavy (non-hydrogen) atoms. The summed E-state index contributed by atoms with van der Waals surface area (Å²) in [6, 6.07) is 0.628. The van der Waals surface area contributed by atoms with Crippen molar-refractivity contribution in [3.05, 3.63) is 0 Å². The fourth-order valence-electron chi connectivity index (χ4n) is 1.95. The largest absolute Gasteiger partial charge is 0.301 e. The lowest BCUT2D eigenvalue weighted by Crippen LogP contribution is -2.47. The molecule has 0 aromatic rings. The lowest BCUT2D eigenvalue weighted by molar-refractivity contribution is 0.168. The molecule has 0 aliphatic carbocycles. The molecular weight excluding hydrogens is 248 g/mol. The van der Waals surface area contributed by atoms with Crippen molar-refractivity contribution >= 4 is 21.6 Å². The van der Waals surface area contributed by atoms with Crippen molar-refractivity contribution in [2.75, 3.05) is 24.7 Å². The minimum Gasteiger partial charge on any atom is -0.301 e. The van der Waals surface area contributed by atoms with Crippen LogP contribution in [0.25, 0.3) is 0 Å². The third-order valence-electron chi connectivity index (χ3n) is 2.95. The zero-order valence-electron chi connectivity index (χ0n) is 9.95. The van der Waals surface area contributed by atoms with Gasteiger partial charge < -0.3 is 4.90 Å². The fourth-order valence-corrected chi connectivity index (χ4v) is 3.62. The highest BCUT2D eigenvalue weighted by Crippen LogP contribution is 2.13. The van der Waals surface area contributed by atoms with Gasteiger partial charge in [-0.3, -0.25) is 0 Å². The molecule has 0 atom stereocenters. The van der Waals surface area contributed by atoms with E-state index in [0.29, 0.717) is 6.04 Å². The number of alkyl halides is 1. The van der Waals surface area contributed by atoms with Gasteiger partial charge in [0, 0.05) is 18.0 Å². The number of likely N-dealkylation sites (tertiary alicyclic amines) is 1. The molecule has 0 unspecified atom stereocenters. The Hall–Kier alpha value is 0.160. The molecule has 1 N–H and O–H groups in total. The first-order valence-electron chi connectivity index (χ1n) is 5.74. The Morgan fingerprint density at radius 1 is 1.38 bits per heavy atom. The van der Waals surface area contributed by atoms with Crippen LogP contribution in [-0.4, -0.2) is 50.1 Å². The van der Waals surface area contributed by atoms with E-state index in [-0.39, 0.29) is 17.7 Å². The van der Waals surface area contributed by atoms with Gasteiger partial charge in [0.1, 0.15) is 0 Å². The van der Waals surface area contributed by atoms with Crippen molar-refractivity contribution in [1.82, 2.24) is 9.62 Å². The van der Waals surface area contributed by atoms with Gasteiger partial charge in [0.25, 0.3) is 0 Å². The molecule has 1 rings (SSSR count). The molecule has 0 bridgehead atoms. The minimum atomic E-state index is -3.17. The second-order valence-corrected chi connectivity index (χ2v) is 6.78. The predicted molar refractivity (Wildman–Crippen MR) is 67.4 cm³/mol. The summed E-state index contributed by atoms with van der Waals surface area (Å²) in [4.78, 5) is 2.37. The van der Waals surface area contributed by atoms with E-state index in [1.807, 2.05) is 0 Å². The molecule has 4 nitrogen and oxygen atoms in total. The van der Waals surface area contributed by atoms with Crippen LogP contribution in [0.2, 0.25) is 0 Å². The van der Waals surface area contributed by atoms with Crippen LogP contribution in [0.3, 0.4) is 0 Å². The molecule has 0 radical (unpaired) electrons. The van der Waals surface area contributed by atoms with Crippen LogP contribution in [0, 0.1) is 0 Å². The van der Waals surface area contributed by atoms with Gasteiger partial charge in [0.2, 0.25) is 10.0 Å². The van der Waals surface area contributed by atoms with Crippen molar-refractivity contribution in [3.8, 4) is 0 Å². The maximum atomic E-state index is 11.5. The van der Waals surface area contributed by atoms with E-state index in [9.17, 15) is 8.42 Å². The predicted octanol–water partition coefficient (Wildman–Crippen LogP) is 1.02. The average Bonchev–Trinajstić information content (AvgIpc) is 2.17. The van der Waals surface area contributed by atoms with Gasteiger partial charge in [-0.1, -0.05) is 0 Å². The lowest BCUT2D eigenvalue weighted by atomic mass is 10.1. The van der Waals surface area contributed by atoms with Crippen LogP contribution in [0.4, 0.5) is 0 Å². The molecule has 1 fully saturated rings. The average molecular weight is 269 g/mol. The first-order chi connectivity index (χ1) is 7.44. The maximum absolute atomic E-state index is 11.5. The first-order valence-corrected chi connectivity index (χ1v) is 7.93. The van der Waals surface area contributed by atoms with Gasteiger partial charge in [-0.2, -0.15) is 0 Å². The summed E-state index contributed by atoms with van der Waals surface area (Å²) in [6.45, 7) is 6.26. The van der Waals surface area contributed by atoms with E-state index in [1.165, 1.54) is 0 Å². The molecular formula is C10H21ClN2O2S. The number of sulfonamides is 1. The molecule has 6 heteroatoms. The molecule has 0 spiro atoms. The Balaban J connectivity index is 2.37. The van der Waals surface area contributed by atoms with Crippen molar-refractivity contribution in [2.24, 2.45) is 0 Å². The number of rotatable bonds is 5. The zero-order valence-corrected chi connectivity index (χ0v) is 11.5. The lowest BCUT2D eigenvalue weighted by Gasteiger charge is -2.34. The second-order valence-electron chi connectivity index (χ2n) is 4.53. The minimum absolute atomic E-state index is 0.0128. The van der Waals surface area contributed by atoms with Gasteiger partial charge in [-0.05, 0) is 39.8 Å². The van der Waals surface area contributed by atoms with Gasteiger partial charge in [-0.15, -0.1) is 11.6 Å². The fraction of sp³-hybridized carbons (Fsp3) is 1.00. The van der Waals surface area contributed by atoms with Crippen molar-refractivity contribution in [1.29, 1.82) is 0 Å². The van der Waals surface area contributed by atoms with Gasteiger partial charge in [0.15, 0.2) is 0 Å². The maximum Gasteiger partial charge on any atom is 0.213 e. The number of piperidine rings is 1. The van der Waals surface area contributed by atoms with Crippen LogP contribution in [0.5, 0.6) is 0 Å². The molecule has 1 aliphatic rings. The highest BCUT2D eigenvalue weighted by atomic mass is 35.5. The van der Waals surface area contributed by atoms with Crippen LogP contribution >= 0.6 is 11.6 Å². The van der Waals surface area contributed by atoms with E-state index in [4.69, 9.17) is 11.6 Å². The Labute approximate surface area is 103 Å². The van der Waals surface area contributed by atoms with E-state index in [1.54, 1.807) is 0 Å². The number of hydrogen-bond donors (Lipinski definition) is 1. The third kappa shape index (κ3) is 4.57. The topological polar surface area (TPSA) is 49.4 Å². The van der Waals surface area contributed by atoms with Crippen LogP contribution in [0.1, 0.15) is 26.7 Å². The van der Waals surface area contributed by atoms with Crippen LogP contribution < -0.4 is 4.72 Å². The monoisotopic (exact) mass is 268 g/mol. The molecule has 0 amide bonds. The molecule has 1 heterocycles. The van der Waals surface area contributed by atoms with E-state index >= 15 is 0 Å². The molecule has 1 saturated heterocycles. The smallest absolute Gasteiger partial charge is 0.213 e. The Morgan fingerprint density at radius 2 is 1.94 bits per heavy atom. The highest BCUT2D eigenvalue weighted by Gasteiger charge is 2.23. The Bertz CT molecular complexity index is 298. The van der Waals surface area contributed by atoms with Gasteiger partial charge >= 0.3 is 0 Å². The molecule has 1 aliphatic heterocycles. The van der Waals surface area contributed by atoms with Crippen molar-refractivity contribution < 1.29 is 8.42 Å². The molecule has 96 valence electrons. The number of halogens is 1. The summed E-state index contributed by atoms with van der Waals surface area (Å²) in [5, 5.41) is 0. The second kappa shape index (κ2) is 6.19. The Morgan fingerprint density at radius 3 is 2.38 bits per heavy atom. The highest BCUT2D eigenvalue weighted by molar-refractivity contribution is 7.89. The summed E-state index contributed by atoms with van der Waals surface area (Å²) < 4.78 is 25.7. The normalized spacial score (nSPS) is 20.5. The van der Waals surface area contributed by atoms with Crippen LogP contribution in [0.15, 0.2) is 0 Å². The summed E-state index contributed by atoms with van der Waals surface area (Å²) >= 11 is 5.44. The Kier molecular flexibility index (Phi) is 5.50. The van der Waals surface area contributed by atoms with Gasteiger partial charge in [-0.25, -0.2) is 13.1 Å². The number of hydrogen-bond acceptors (Lipinski definition) is 3. The van der Waals surface area contributed by atoms with E-state index < -0.39 is 10.0 Å². The molecule has 0 saturated carbocycles. The first kappa shape index (κ1) is 14.2. The van der Waals surface area contributed by atoms with Crippen molar-refractivity contribution in [2.45, 2.75) is 38.8 Å². The van der Waals surface area contributed by atoms with Gasteiger partial charge in [0.05, 0.1) is 5.75 Å². The van der Waals surface area contributed by atoms with E-state index in [2.05, 4.69) is 23.5 Å². The van der Waals surface area contributed by atoms with Crippen molar-refractivity contribution in [3.63, 3.8) is 0 Å². The number of nitrogens with zero attached hydrogens (tertiary/aromatic N) is 1. The summed E-state index contributed by atoms with van der Waals surface area (Å²) in [5.41, 5.74) is 0.